The van der Waals surface area contributed by atoms with Crippen molar-refractivity contribution in [2.75, 3.05) is 31.0 Å². The first-order valence-electron chi connectivity index (χ1n) is 8.98. The second-order valence-corrected chi connectivity index (χ2v) is 9.21. The van der Waals surface area contributed by atoms with Gasteiger partial charge in [-0.25, -0.2) is 13.4 Å². The standard InChI is InChI=1S/C19H19N3O5S2/c23-18(22-7-10-26-11-8-22)12-15-13-20-19(28-15)21-29(24,25)16-5-3-14(4-6-16)17-2-1-9-27-17/h1-6,9,13H,7-8,10-12H2,(H,20,21). The molecule has 0 bridgehead atoms. The van der Waals surface area contributed by atoms with Crippen molar-refractivity contribution in [2.45, 2.75) is 11.3 Å². The number of nitrogens with zero attached hydrogens (tertiary/aromatic N) is 2. The predicted molar refractivity (Wildman–Crippen MR) is 108 cm³/mol. The monoisotopic (exact) mass is 433 g/mol. The van der Waals surface area contributed by atoms with E-state index in [1.54, 1.807) is 35.4 Å². The van der Waals surface area contributed by atoms with Gasteiger partial charge in [0.2, 0.25) is 5.91 Å². The fraction of sp³-hybridized carbons (Fsp3) is 0.263. The fourth-order valence-electron chi connectivity index (χ4n) is 2.93. The summed E-state index contributed by atoms with van der Waals surface area (Å²) in [5.74, 6) is 0.649. The van der Waals surface area contributed by atoms with Crippen molar-refractivity contribution in [3.63, 3.8) is 0 Å². The molecular formula is C19H19N3O5S2. The third-order valence-electron chi connectivity index (χ3n) is 4.43. The Morgan fingerprint density at radius 2 is 1.93 bits per heavy atom. The third-order valence-corrected chi connectivity index (χ3v) is 6.83. The Kier molecular flexibility index (Phi) is 5.65. The van der Waals surface area contributed by atoms with Crippen LogP contribution < -0.4 is 4.72 Å². The van der Waals surface area contributed by atoms with E-state index in [1.165, 1.54) is 18.3 Å². The average molecular weight is 434 g/mol. The predicted octanol–water partition coefficient (Wildman–Crippen LogP) is 2.61. The van der Waals surface area contributed by atoms with Gasteiger partial charge in [-0.3, -0.25) is 9.52 Å². The molecule has 3 aromatic rings. The number of benzene rings is 1. The number of nitrogens with one attached hydrogen (secondary N) is 1. The Bertz CT molecular complexity index is 1070. The van der Waals surface area contributed by atoms with E-state index in [0.717, 1.165) is 16.9 Å². The maximum atomic E-state index is 12.6. The van der Waals surface area contributed by atoms with Crippen LogP contribution in [0.15, 0.2) is 58.2 Å². The molecule has 1 aliphatic rings. The number of amides is 1. The fourth-order valence-corrected chi connectivity index (χ4v) is 4.97. The molecule has 0 unspecified atom stereocenters. The average Bonchev–Trinajstić information content (AvgIpc) is 3.41. The van der Waals surface area contributed by atoms with Crippen LogP contribution in [0, 0.1) is 0 Å². The molecule has 29 heavy (non-hydrogen) atoms. The summed E-state index contributed by atoms with van der Waals surface area (Å²) in [5, 5.41) is 0.227. The van der Waals surface area contributed by atoms with Crippen LogP contribution >= 0.6 is 11.3 Å². The summed E-state index contributed by atoms with van der Waals surface area (Å²) in [6.45, 7) is 2.23. The summed E-state index contributed by atoms with van der Waals surface area (Å²) in [7, 11) is -3.78. The Balaban J connectivity index is 1.41. The minimum atomic E-state index is -3.78. The zero-order chi connectivity index (χ0) is 20.3. The van der Waals surface area contributed by atoms with E-state index in [4.69, 9.17) is 9.15 Å². The number of rotatable bonds is 6. The maximum absolute atomic E-state index is 12.6. The SMILES string of the molecule is O=C(Cc1cnc(NS(=O)(=O)c2ccc(-c3ccco3)cc2)s1)N1CCOCC1. The first kappa shape index (κ1) is 19.6. The van der Waals surface area contributed by atoms with Crippen LogP contribution in [0.4, 0.5) is 5.13 Å². The smallest absolute Gasteiger partial charge is 0.263 e. The first-order chi connectivity index (χ1) is 14.0. The second kappa shape index (κ2) is 8.36. The summed E-state index contributed by atoms with van der Waals surface area (Å²) in [6.07, 6.45) is 3.28. The van der Waals surface area contributed by atoms with Gasteiger partial charge in [0.05, 0.1) is 30.8 Å². The molecule has 8 nitrogen and oxygen atoms in total. The van der Waals surface area contributed by atoms with E-state index in [-0.39, 0.29) is 22.4 Å². The number of carbonyl (C=O) groups excluding carboxylic acids is 1. The molecule has 1 aromatic carbocycles. The Morgan fingerprint density at radius 1 is 1.17 bits per heavy atom. The Hall–Kier alpha value is -2.69. The summed E-state index contributed by atoms with van der Waals surface area (Å²) < 4.78 is 38.3. The second-order valence-electron chi connectivity index (χ2n) is 6.41. The van der Waals surface area contributed by atoms with Crippen molar-refractivity contribution in [3.8, 4) is 11.3 Å². The molecule has 0 saturated carbocycles. The molecule has 4 rings (SSSR count). The summed E-state index contributed by atoms with van der Waals surface area (Å²) in [5.41, 5.74) is 0.784. The van der Waals surface area contributed by atoms with Gasteiger partial charge in [0, 0.05) is 29.7 Å². The number of hydrogen-bond acceptors (Lipinski definition) is 7. The highest BCUT2D eigenvalue weighted by Crippen LogP contribution is 2.25. The van der Waals surface area contributed by atoms with Crippen LogP contribution in [0.1, 0.15) is 4.88 Å². The number of hydrogen-bond donors (Lipinski definition) is 1. The van der Waals surface area contributed by atoms with Gasteiger partial charge in [-0.1, -0.05) is 0 Å². The number of sulfonamides is 1. The zero-order valence-corrected chi connectivity index (χ0v) is 17.0. The number of carbonyl (C=O) groups is 1. The van der Waals surface area contributed by atoms with Crippen molar-refractivity contribution in [2.24, 2.45) is 0 Å². The largest absolute Gasteiger partial charge is 0.464 e. The first-order valence-corrected chi connectivity index (χ1v) is 11.3. The van der Waals surface area contributed by atoms with Gasteiger partial charge < -0.3 is 14.1 Å². The van der Waals surface area contributed by atoms with Crippen LogP contribution in [0.5, 0.6) is 0 Å². The van der Waals surface area contributed by atoms with Gasteiger partial charge >= 0.3 is 0 Å². The summed E-state index contributed by atoms with van der Waals surface area (Å²) in [4.78, 5) is 19.0. The quantitative estimate of drug-likeness (QED) is 0.641. The topological polar surface area (TPSA) is 102 Å². The third kappa shape index (κ3) is 4.66. The highest BCUT2D eigenvalue weighted by Gasteiger charge is 2.20. The molecule has 1 saturated heterocycles. The lowest BCUT2D eigenvalue weighted by Gasteiger charge is -2.26. The van der Waals surface area contributed by atoms with E-state index in [1.807, 2.05) is 0 Å². The molecule has 0 spiro atoms. The van der Waals surface area contributed by atoms with Gasteiger partial charge in [-0.2, -0.15) is 0 Å². The number of ether oxygens (including phenoxy) is 1. The lowest BCUT2D eigenvalue weighted by atomic mass is 10.2. The zero-order valence-electron chi connectivity index (χ0n) is 15.4. The van der Waals surface area contributed by atoms with Crippen molar-refractivity contribution in [1.29, 1.82) is 0 Å². The number of anilines is 1. The van der Waals surface area contributed by atoms with Gasteiger partial charge in [-0.15, -0.1) is 11.3 Å². The minimum absolute atomic E-state index is 0.0140. The van der Waals surface area contributed by atoms with Crippen molar-refractivity contribution in [3.05, 3.63) is 53.7 Å². The molecule has 0 aliphatic carbocycles. The molecule has 1 aliphatic heterocycles. The van der Waals surface area contributed by atoms with E-state index >= 15 is 0 Å². The van der Waals surface area contributed by atoms with E-state index < -0.39 is 10.0 Å². The van der Waals surface area contributed by atoms with Crippen molar-refractivity contribution in [1.82, 2.24) is 9.88 Å². The number of furan rings is 1. The van der Waals surface area contributed by atoms with Crippen LogP contribution in [0.3, 0.4) is 0 Å². The van der Waals surface area contributed by atoms with Crippen LogP contribution in [-0.4, -0.2) is 50.5 Å². The number of thiazole rings is 1. The molecule has 1 amide bonds. The van der Waals surface area contributed by atoms with Gasteiger partial charge in [-0.05, 0) is 36.4 Å². The van der Waals surface area contributed by atoms with Crippen molar-refractivity contribution < 1.29 is 22.4 Å². The molecule has 3 heterocycles. The molecule has 10 heteroatoms. The molecule has 2 aromatic heterocycles. The lowest BCUT2D eigenvalue weighted by molar-refractivity contribution is -0.134. The van der Waals surface area contributed by atoms with Gasteiger partial charge in [0.25, 0.3) is 10.0 Å². The molecule has 1 N–H and O–H groups in total. The van der Waals surface area contributed by atoms with Gasteiger partial charge in [0.15, 0.2) is 5.13 Å². The van der Waals surface area contributed by atoms with E-state index in [9.17, 15) is 13.2 Å². The summed E-state index contributed by atoms with van der Waals surface area (Å²) >= 11 is 1.15. The van der Waals surface area contributed by atoms with E-state index in [0.29, 0.717) is 36.9 Å². The molecular weight excluding hydrogens is 414 g/mol. The Morgan fingerprint density at radius 3 is 2.62 bits per heavy atom. The molecule has 0 atom stereocenters. The van der Waals surface area contributed by atoms with Crippen LogP contribution in [0.25, 0.3) is 11.3 Å². The van der Waals surface area contributed by atoms with Crippen LogP contribution in [-0.2, 0) is 26.0 Å². The normalized spacial score (nSPS) is 14.7. The highest BCUT2D eigenvalue weighted by molar-refractivity contribution is 7.93. The summed E-state index contributed by atoms with van der Waals surface area (Å²) in [6, 6.07) is 9.96. The van der Waals surface area contributed by atoms with Crippen LogP contribution in [0.2, 0.25) is 0 Å². The van der Waals surface area contributed by atoms with Crippen molar-refractivity contribution >= 4 is 32.4 Å². The minimum Gasteiger partial charge on any atom is -0.464 e. The maximum Gasteiger partial charge on any atom is 0.263 e. The van der Waals surface area contributed by atoms with E-state index in [2.05, 4.69) is 9.71 Å². The highest BCUT2D eigenvalue weighted by atomic mass is 32.2. The molecule has 1 fully saturated rings. The molecule has 152 valence electrons. The number of aromatic nitrogens is 1. The lowest BCUT2D eigenvalue weighted by Crippen LogP contribution is -2.41. The number of morpholine rings is 1. The Labute approximate surface area is 172 Å². The van der Waals surface area contributed by atoms with Gasteiger partial charge in [0.1, 0.15) is 5.76 Å². The molecule has 0 radical (unpaired) electrons.